The van der Waals surface area contributed by atoms with Gasteiger partial charge in [0, 0.05) is 27.0 Å². The predicted molar refractivity (Wildman–Crippen MR) is 57.1 cm³/mol. The van der Waals surface area contributed by atoms with Gasteiger partial charge in [-0.3, -0.25) is 14.4 Å². The van der Waals surface area contributed by atoms with Gasteiger partial charge in [0.2, 0.25) is 12.4 Å². The fourth-order valence-corrected chi connectivity index (χ4v) is 1.51. The van der Waals surface area contributed by atoms with Gasteiger partial charge in [0.1, 0.15) is 0 Å². The molecule has 18 heavy (non-hydrogen) atoms. The first-order valence-corrected chi connectivity index (χ1v) is 5.18. The third-order valence-electron chi connectivity index (χ3n) is 2.13. The highest BCUT2D eigenvalue weighted by molar-refractivity contribution is 5.72. The van der Waals surface area contributed by atoms with Gasteiger partial charge in [0.05, 0.1) is 0 Å². The zero-order chi connectivity index (χ0) is 13.7. The molecule has 0 saturated carbocycles. The minimum atomic E-state index is -1.01. The molecule has 0 fully saturated rings. The minimum Gasteiger partial charge on any atom is -0.457 e. The van der Waals surface area contributed by atoms with Crippen LogP contribution in [0.3, 0.4) is 0 Å². The van der Waals surface area contributed by atoms with Crippen LogP contribution in [0.1, 0.15) is 13.8 Å². The topological polar surface area (TPSA) is 88.1 Å². The van der Waals surface area contributed by atoms with Crippen molar-refractivity contribution < 1.29 is 33.3 Å². The summed E-state index contributed by atoms with van der Waals surface area (Å²) in [5.74, 6) is -1.20. The fourth-order valence-electron chi connectivity index (χ4n) is 1.51. The summed E-state index contributed by atoms with van der Waals surface area (Å²) in [5, 5.41) is 0. The summed E-state index contributed by atoms with van der Waals surface area (Å²) in [6.07, 6.45) is -1.18. The number of aldehydes is 1. The molecule has 0 aromatic carbocycles. The lowest BCUT2D eigenvalue weighted by atomic mass is 10.1. The molecule has 100 valence electrons. The second kappa shape index (κ2) is 6.15. The molecule has 0 spiro atoms. The Morgan fingerprint density at radius 3 is 2.33 bits per heavy atom. The van der Waals surface area contributed by atoms with Gasteiger partial charge in [0.15, 0.2) is 18.1 Å². The van der Waals surface area contributed by atoms with E-state index in [4.69, 9.17) is 18.9 Å². The standard InChI is InChI=1S/C11H14O7/c1-6(13)16-9-4-8(5-12)18-11(15-3)10(9)17-7(2)14/h4-5,9-11H,1-3H3/t9-,10-,11-/m0/s1. The van der Waals surface area contributed by atoms with E-state index in [1.807, 2.05) is 0 Å². The maximum Gasteiger partial charge on any atom is 0.303 e. The quantitative estimate of drug-likeness (QED) is 0.515. The number of hydrogen-bond donors (Lipinski definition) is 0. The van der Waals surface area contributed by atoms with Crippen LogP contribution in [0, 0.1) is 0 Å². The number of hydrogen-bond acceptors (Lipinski definition) is 7. The van der Waals surface area contributed by atoms with Gasteiger partial charge >= 0.3 is 11.9 Å². The zero-order valence-electron chi connectivity index (χ0n) is 10.2. The Hall–Kier alpha value is -1.89. The van der Waals surface area contributed by atoms with Crippen molar-refractivity contribution in [2.45, 2.75) is 32.3 Å². The largest absolute Gasteiger partial charge is 0.457 e. The molecule has 1 aliphatic rings. The lowest BCUT2D eigenvalue weighted by molar-refractivity contribution is -0.214. The number of carbonyl (C=O) groups excluding carboxylic acids is 3. The predicted octanol–water partition coefficient (Wildman–Crippen LogP) is -0.0647. The maximum atomic E-state index is 11.0. The normalized spacial score (nSPS) is 26.6. The first-order valence-electron chi connectivity index (χ1n) is 5.18. The van der Waals surface area contributed by atoms with Crippen LogP contribution in [-0.2, 0) is 33.3 Å². The van der Waals surface area contributed by atoms with E-state index in [-0.39, 0.29) is 5.76 Å². The number of rotatable bonds is 4. The molecule has 0 amide bonds. The fraction of sp³-hybridized carbons (Fsp3) is 0.545. The molecular formula is C11H14O7. The smallest absolute Gasteiger partial charge is 0.303 e. The summed E-state index contributed by atoms with van der Waals surface area (Å²) in [7, 11) is 1.32. The van der Waals surface area contributed by atoms with Gasteiger partial charge in [-0.1, -0.05) is 0 Å². The van der Waals surface area contributed by atoms with Crippen LogP contribution in [0.15, 0.2) is 11.8 Å². The second-order valence-electron chi connectivity index (χ2n) is 3.56. The van der Waals surface area contributed by atoms with E-state index in [2.05, 4.69) is 0 Å². The van der Waals surface area contributed by atoms with Crippen molar-refractivity contribution in [2.75, 3.05) is 7.11 Å². The van der Waals surface area contributed by atoms with E-state index < -0.39 is 30.4 Å². The van der Waals surface area contributed by atoms with Crippen LogP contribution in [0.25, 0.3) is 0 Å². The van der Waals surface area contributed by atoms with E-state index in [0.29, 0.717) is 6.29 Å². The lowest BCUT2D eigenvalue weighted by Gasteiger charge is -2.33. The summed E-state index contributed by atoms with van der Waals surface area (Å²) in [6, 6.07) is 0. The van der Waals surface area contributed by atoms with E-state index in [0.717, 1.165) is 0 Å². The number of esters is 2. The molecule has 1 heterocycles. The first-order chi connectivity index (χ1) is 8.47. The van der Waals surface area contributed by atoms with Gasteiger partial charge in [0.25, 0.3) is 0 Å². The number of carbonyl (C=O) groups is 3. The maximum absolute atomic E-state index is 11.0. The highest BCUT2D eigenvalue weighted by Gasteiger charge is 2.39. The van der Waals surface area contributed by atoms with E-state index in [9.17, 15) is 14.4 Å². The van der Waals surface area contributed by atoms with Crippen LogP contribution < -0.4 is 0 Å². The summed E-state index contributed by atoms with van der Waals surface area (Å²) in [4.78, 5) is 32.6. The van der Waals surface area contributed by atoms with Crippen molar-refractivity contribution in [1.29, 1.82) is 0 Å². The van der Waals surface area contributed by atoms with Crippen molar-refractivity contribution >= 4 is 18.2 Å². The Bertz CT molecular complexity index is 374. The van der Waals surface area contributed by atoms with Gasteiger partial charge in [-0.05, 0) is 0 Å². The summed E-state index contributed by atoms with van der Waals surface area (Å²) >= 11 is 0. The Labute approximate surface area is 104 Å². The highest BCUT2D eigenvalue weighted by Crippen LogP contribution is 2.23. The Balaban J connectivity index is 2.97. The SMILES string of the molecule is CO[C@H]1OC(C=O)=C[C@H](OC(C)=O)[C@@H]1OC(C)=O. The molecule has 0 bridgehead atoms. The van der Waals surface area contributed by atoms with Gasteiger partial charge in [-0.15, -0.1) is 0 Å². The average Bonchev–Trinajstić information content (AvgIpc) is 2.29. The summed E-state index contributed by atoms with van der Waals surface area (Å²) < 4.78 is 20.0. The van der Waals surface area contributed by atoms with Crippen LogP contribution in [0.4, 0.5) is 0 Å². The molecule has 0 N–H and O–H groups in total. The van der Waals surface area contributed by atoms with Crippen molar-refractivity contribution in [3.63, 3.8) is 0 Å². The minimum absolute atomic E-state index is 0.0449. The number of allylic oxidation sites excluding steroid dienone is 1. The molecular weight excluding hydrogens is 244 g/mol. The monoisotopic (exact) mass is 258 g/mol. The van der Waals surface area contributed by atoms with Gasteiger partial charge in [-0.2, -0.15) is 0 Å². The molecule has 1 aliphatic heterocycles. The third-order valence-corrected chi connectivity index (χ3v) is 2.13. The van der Waals surface area contributed by atoms with E-state index >= 15 is 0 Å². The summed E-state index contributed by atoms with van der Waals surface area (Å²) in [6.45, 7) is 2.41. The molecule has 0 saturated heterocycles. The van der Waals surface area contributed by atoms with E-state index in [1.54, 1.807) is 0 Å². The molecule has 7 nitrogen and oxygen atoms in total. The summed E-state index contributed by atoms with van der Waals surface area (Å²) in [5.41, 5.74) is 0. The molecule has 0 aromatic rings. The number of ether oxygens (including phenoxy) is 4. The van der Waals surface area contributed by atoms with Crippen LogP contribution in [-0.4, -0.2) is 43.8 Å². The molecule has 1 rings (SSSR count). The molecule has 0 unspecified atom stereocenters. The highest BCUT2D eigenvalue weighted by atomic mass is 16.7. The average molecular weight is 258 g/mol. The van der Waals surface area contributed by atoms with Crippen molar-refractivity contribution in [3.05, 3.63) is 11.8 Å². The molecule has 0 radical (unpaired) electrons. The van der Waals surface area contributed by atoms with Crippen LogP contribution in [0.2, 0.25) is 0 Å². The second-order valence-corrected chi connectivity index (χ2v) is 3.56. The molecule has 7 heteroatoms. The van der Waals surface area contributed by atoms with E-state index in [1.165, 1.54) is 27.0 Å². The lowest BCUT2D eigenvalue weighted by Crippen LogP contribution is -2.47. The van der Waals surface area contributed by atoms with Crippen LogP contribution in [0.5, 0.6) is 0 Å². The third kappa shape index (κ3) is 3.56. The molecule has 0 aromatic heterocycles. The Kier molecular flexibility index (Phi) is 4.85. The van der Waals surface area contributed by atoms with Crippen molar-refractivity contribution in [2.24, 2.45) is 0 Å². The molecule has 3 atom stereocenters. The Morgan fingerprint density at radius 2 is 1.89 bits per heavy atom. The van der Waals surface area contributed by atoms with Gasteiger partial charge in [-0.25, -0.2) is 0 Å². The van der Waals surface area contributed by atoms with Crippen molar-refractivity contribution in [3.8, 4) is 0 Å². The van der Waals surface area contributed by atoms with Crippen LogP contribution >= 0.6 is 0 Å². The Morgan fingerprint density at radius 1 is 1.28 bits per heavy atom. The van der Waals surface area contributed by atoms with Crippen molar-refractivity contribution in [1.82, 2.24) is 0 Å². The van der Waals surface area contributed by atoms with Gasteiger partial charge < -0.3 is 18.9 Å². The zero-order valence-corrected chi connectivity index (χ0v) is 10.2. The first kappa shape index (κ1) is 14.2. The number of methoxy groups -OCH3 is 1. The molecule has 0 aliphatic carbocycles.